The summed E-state index contributed by atoms with van der Waals surface area (Å²) in [5, 5.41) is 3.12. The highest BCUT2D eigenvalue weighted by molar-refractivity contribution is 5.83. The van der Waals surface area contributed by atoms with E-state index in [-0.39, 0.29) is 11.3 Å². The van der Waals surface area contributed by atoms with Crippen molar-refractivity contribution >= 4 is 12.0 Å². The molecule has 0 saturated heterocycles. The van der Waals surface area contributed by atoms with Gasteiger partial charge in [-0.1, -0.05) is 88.8 Å². The van der Waals surface area contributed by atoms with Crippen molar-refractivity contribution in [2.45, 2.75) is 65.8 Å². The zero-order valence-electron chi connectivity index (χ0n) is 21.9. The van der Waals surface area contributed by atoms with Crippen LogP contribution >= 0.6 is 0 Å². The number of allylic oxidation sites excluding steroid dienone is 4. The van der Waals surface area contributed by atoms with Crippen LogP contribution in [0.15, 0.2) is 78.1 Å². The van der Waals surface area contributed by atoms with Gasteiger partial charge in [0.05, 0.1) is 0 Å². The molecule has 184 valence electrons. The van der Waals surface area contributed by atoms with Crippen molar-refractivity contribution in [2.24, 2.45) is 11.3 Å². The van der Waals surface area contributed by atoms with Crippen molar-refractivity contribution in [1.82, 2.24) is 10.2 Å². The predicted molar refractivity (Wildman–Crippen MR) is 146 cm³/mol. The Bertz CT molecular complexity index is 903. The molecule has 1 saturated carbocycles. The van der Waals surface area contributed by atoms with Crippen LogP contribution in [0, 0.1) is 11.3 Å². The first kappa shape index (κ1) is 27.6. The highest BCUT2D eigenvalue weighted by Gasteiger charge is 2.42. The second-order valence-corrected chi connectivity index (χ2v) is 10.2. The topological polar surface area (TPSA) is 32.3 Å². The molecule has 3 rings (SSSR count). The molecule has 2 atom stereocenters. The number of amides is 1. The van der Waals surface area contributed by atoms with Crippen LogP contribution in [0.3, 0.4) is 0 Å². The Labute approximate surface area is 208 Å². The first-order valence-electron chi connectivity index (χ1n) is 12.8. The number of rotatable bonds is 9. The number of nitrogens with zero attached hydrogens (tertiary/aromatic N) is 1. The lowest BCUT2D eigenvalue weighted by Gasteiger charge is -2.28. The molecule has 1 aromatic rings. The quantitative estimate of drug-likeness (QED) is 0.404. The van der Waals surface area contributed by atoms with E-state index in [1.165, 1.54) is 18.4 Å². The molecule has 0 heterocycles. The molecule has 2 aliphatic carbocycles. The van der Waals surface area contributed by atoms with Gasteiger partial charge in [-0.15, -0.1) is 5.73 Å². The van der Waals surface area contributed by atoms with Gasteiger partial charge in [0.2, 0.25) is 5.91 Å². The Morgan fingerprint density at radius 3 is 2.74 bits per heavy atom. The third-order valence-electron chi connectivity index (χ3n) is 6.45. The van der Waals surface area contributed by atoms with Gasteiger partial charge < -0.3 is 10.2 Å². The van der Waals surface area contributed by atoms with Crippen molar-refractivity contribution in [3.63, 3.8) is 0 Å². The van der Waals surface area contributed by atoms with E-state index in [9.17, 15) is 4.79 Å². The fourth-order valence-corrected chi connectivity index (χ4v) is 4.47. The van der Waals surface area contributed by atoms with Crippen LogP contribution in [-0.2, 0) is 4.79 Å². The number of carbonyl (C=O) groups excluding carboxylic acids is 1. The molecule has 0 aromatic heterocycles. The van der Waals surface area contributed by atoms with Crippen LogP contribution in [0.5, 0.6) is 0 Å². The monoisotopic (exact) mass is 460 g/mol. The highest BCUT2D eigenvalue weighted by atomic mass is 16.2. The molecule has 3 nitrogen and oxygen atoms in total. The summed E-state index contributed by atoms with van der Waals surface area (Å²) in [5.74, 6) is 0.852. The minimum Gasteiger partial charge on any atom is -0.352 e. The first-order valence-corrected chi connectivity index (χ1v) is 12.8. The number of hydrogen-bond acceptors (Lipinski definition) is 2. The largest absolute Gasteiger partial charge is 0.352 e. The summed E-state index contributed by atoms with van der Waals surface area (Å²) in [6.45, 7) is 10.5. The Morgan fingerprint density at radius 2 is 2.03 bits per heavy atom. The molecule has 34 heavy (non-hydrogen) atoms. The maximum absolute atomic E-state index is 12.7. The molecule has 0 radical (unpaired) electrons. The fourth-order valence-electron chi connectivity index (χ4n) is 4.47. The van der Waals surface area contributed by atoms with Crippen LogP contribution < -0.4 is 5.32 Å². The van der Waals surface area contributed by atoms with Crippen LogP contribution in [0.2, 0.25) is 0 Å². The van der Waals surface area contributed by atoms with Crippen molar-refractivity contribution < 1.29 is 4.79 Å². The number of benzene rings is 1. The van der Waals surface area contributed by atoms with Gasteiger partial charge in [-0.05, 0) is 68.0 Å². The summed E-state index contributed by atoms with van der Waals surface area (Å²) >= 11 is 0. The van der Waals surface area contributed by atoms with E-state index in [4.69, 9.17) is 0 Å². The van der Waals surface area contributed by atoms with E-state index >= 15 is 0 Å². The van der Waals surface area contributed by atoms with E-state index in [0.717, 1.165) is 31.4 Å². The average Bonchev–Trinajstić information content (AvgIpc) is 3.05. The third kappa shape index (κ3) is 9.71. The van der Waals surface area contributed by atoms with Gasteiger partial charge in [0.25, 0.3) is 0 Å². The molecule has 0 aliphatic heterocycles. The molecule has 3 heteroatoms. The van der Waals surface area contributed by atoms with Gasteiger partial charge in [0.1, 0.15) is 0 Å². The van der Waals surface area contributed by atoms with Crippen molar-refractivity contribution in [2.75, 3.05) is 20.1 Å². The number of carbonyl (C=O) groups is 1. The maximum atomic E-state index is 12.7. The fraction of sp³-hybridized carbons (Fsp3) is 0.484. The van der Waals surface area contributed by atoms with Gasteiger partial charge in [0, 0.05) is 24.5 Å². The van der Waals surface area contributed by atoms with Gasteiger partial charge in [-0.2, -0.15) is 0 Å². The summed E-state index contributed by atoms with van der Waals surface area (Å²) in [4.78, 5) is 15.1. The maximum Gasteiger partial charge on any atom is 0.226 e. The predicted octanol–water partition coefficient (Wildman–Crippen LogP) is 6.96. The van der Waals surface area contributed by atoms with E-state index in [1.807, 2.05) is 36.4 Å². The van der Waals surface area contributed by atoms with Crippen molar-refractivity contribution in [1.29, 1.82) is 0 Å². The summed E-state index contributed by atoms with van der Waals surface area (Å²) in [7, 11) is 2.19. The SMILES string of the molecule is CC(C)CN(C)C1CCC(C)(C(=O)NCC2=CC=C=CC=C2)C1.CCC/C=C\c1ccccc1. The molecule has 1 aromatic carbocycles. The molecule has 0 bridgehead atoms. The summed E-state index contributed by atoms with van der Waals surface area (Å²) in [6.07, 6.45) is 19.6. The van der Waals surface area contributed by atoms with Crippen LogP contribution in [0.25, 0.3) is 6.08 Å². The summed E-state index contributed by atoms with van der Waals surface area (Å²) in [6, 6.07) is 10.9. The molecule has 0 spiro atoms. The second-order valence-electron chi connectivity index (χ2n) is 10.2. The molecular weight excluding hydrogens is 416 g/mol. The minimum absolute atomic E-state index is 0.188. The van der Waals surface area contributed by atoms with Crippen LogP contribution in [0.4, 0.5) is 0 Å². The van der Waals surface area contributed by atoms with E-state index in [2.05, 4.69) is 87.1 Å². The van der Waals surface area contributed by atoms with Gasteiger partial charge in [-0.3, -0.25) is 4.79 Å². The van der Waals surface area contributed by atoms with Gasteiger partial charge in [0.15, 0.2) is 0 Å². The van der Waals surface area contributed by atoms with Crippen LogP contribution in [-0.4, -0.2) is 37.0 Å². The van der Waals surface area contributed by atoms with E-state index in [1.54, 1.807) is 0 Å². The summed E-state index contributed by atoms with van der Waals surface area (Å²) in [5.41, 5.74) is 5.19. The lowest BCUT2D eigenvalue weighted by molar-refractivity contribution is -0.129. The average molecular weight is 461 g/mol. The Morgan fingerprint density at radius 1 is 1.26 bits per heavy atom. The van der Waals surface area contributed by atoms with Crippen LogP contribution in [0.1, 0.15) is 65.4 Å². The number of nitrogens with one attached hydrogen (secondary N) is 1. The number of hydrogen-bond donors (Lipinski definition) is 1. The zero-order chi connectivity index (χ0) is 24.8. The van der Waals surface area contributed by atoms with E-state index in [0.29, 0.717) is 18.5 Å². The lowest BCUT2D eigenvalue weighted by Crippen LogP contribution is -2.40. The minimum atomic E-state index is -0.237. The second kappa shape index (κ2) is 14.6. The molecule has 2 unspecified atom stereocenters. The third-order valence-corrected chi connectivity index (χ3v) is 6.45. The first-order chi connectivity index (χ1) is 16.3. The Balaban J connectivity index is 0.000000310. The molecule has 1 N–H and O–H groups in total. The Kier molecular flexibility index (Phi) is 11.9. The highest BCUT2D eigenvalue weighted by Crippen LogP contribution is 2.40. The van der Waals surface area contributed by atoms with Crippen molar-refractivity contribution in [3.8, 4) is 0 Å². The molecule has 2 aliphatic rings. The molecule has 1 amide bonds. The lowest BCUT2D eigenvalue weighted by atomic mass is 9.87. The normalized spacial score (nSPS) is 21.5. The summed E-state index contributed by atoms with van der Waals surface area (Å²) < 4.78 is 0. The van der Waals surface area contributed by atoms with E-state index < -0.39 is 0 Å². The van der Waals surface area contributed by atoms with Crippen molar-refractivity contribution in [3.05, 3.63) is 83.7 Å². The number of unbranched alkanes of at least 4 members (excludes halogenated alkanes) is 1. The Hall–Kier alpha value is -2.61. The van der Waals surface area contributed by atoms with Gasteiger partial charge in [-0.25, -0.2) is 0 Å². The molecule has 1 fully saturated rings. The zero-order valence-corrected chi connectivity index (χ0v) is 21.9. The molecular formula is C31H44N2O. The van der Waals surface area contributed by atoms with Gasteiger partial charge >= 0.3 is 0 Å². The standard InChI is InChI=1S/C20H30N2O.C11H14/c1-16(2)15-22(4)18-11-12-20(3,13-18)19(23)21-14-17-9-7-5-6-8-10-17;1-2-3-5-8-11-9-6-4-7-10-11/h5,7-10,16,18H,11-15H2,1-4H3,(H,21,23);4-10H,2-3H2,1H3/b;8-5-. The smallest absolute Gasteiger partial charge is 0.226 e.